The number of ether oxygens (including phenoxy) is 1. The number of esters is 1. The quantitative estimate of drug-likeness (QED) is 0.833. The summed E-state index contributed by atoms with van der Waals surface area (Å²) in [5, 5.41) is 7.92. The van der Waals surface area contributed by atoms with Crippen LogP contribution in [0.15, 0.2) is 10.9 Å². The third-order valence-electron chi connectivity index (χ3n) is 5.27. The molecule has 0 radical (unpaired) electrons. The lowest BCUT2D eigenvalue weighted by Gasteiger charge is -2.29. The van der Waals surface area contributed by atoms with Crippen molar-refractivity contribution in [1.29, 1.82) is 0 Å². The number of aryl methyl sites for hydroxylation is 1. The zero-order valence-electron chi connectivity index (χ0n) is 13.8. The lowest BCUT2D eigenvalue weighted by Crippen LogP contribution is -2.26. The van der Waals surface area contributed by atoms with Crippen LogP contribution in [0.5, 0.6) is 0 Å². The summed E-state index contributed by atoms with van der Waals surface area (Å²) >= 11 is 0. The maximum atomic E-state index is 12.9. The van der Waals surface area contributed by atoms with Crippen LogP contribution < -0.4 is 5.56 Å². The van der Waals surface area contributed by atoms with Gasteiger partial charge in [0.25, 0.3) is 5.92 Å². The summed E-state index contributed by atoms with van der Waals surface area (Å²) in [5.74, 6) is -4.76. The number of fused-ring (bicyclic) bond motifs is 1. The van der Waals surface area contributed by atoms with Crippen LogP contribution in [-0.4, -0.2) is 33.2 Å². The standard InChI is InChI=1S/C17H19F2N3O3/c1-8-14-11(6-13(23)20-15(14)22-21-8)9-2-4-10(5-3-9)25-16(24)12-7-17(12,18)19/h6,9-10,12H,2-5,7H2,1H3,(H2,20,21,22,23)/t9?,10?,12-/m0/s1. The number of nitrogens with zero attached hydrogens (tertiary/aromatic N) is 1. The van der Waals surface area contributed by atoms with Crippen LogP contribution in [0.2, 0.25) is 0 Å². The minimum atomic E-state index is -2.89. The molecule has 2 aromatic rings. The van der Waals surface area contributed by atoms with Crippen molar-refractivity contribution in [3.05, 3.63) is 27.7 Å². The molecule has 2 saturated carbocycles. The lowest BCUT2D eigenvalue weighted by atomic mass is 9.81. The van der Waals surface area contributed by atoms with Gasteiger partial charge >= 0.3 is 5.97 Å². The first kappa shape index (κ1) is 16.2. The highest BCUT2D eigenvalue weighted by molar-refractivity contribution is 5.82. The third-order valence-corrected chi connectivity index (χ3v) is 5.27. The van der Waals surface area contributed by atoms with E-state index in [1.807, 2.05) is 6.92 Å². The highest BCUT2D eigenvalue weighted by Gasteiger charge is 2.62. The average Bonchev–Trinajstić information content (AvgIpc) is 3.06. The van der Waals surface area contributed by atoms with Gasteiger partial charge in [-0.15, -0.1) is 0 Å². The van der Waals surface area contributed by atoms with E-state index < -0.39 is 24.2 Å². The van der Waals surface area contributed by atoms with Gasteiger partial charge in [0.05, 0.1) is 0 Å². The lowest BCUT2D eigenvalue weighted by molar-refractivity contribution is -0.154. The van der Waals surface area contributed by atoms with Crippen LogP contribution in [0.1, 0.15) is 49.3 Å². The van der Waals surface area contributed by atoms with Crippen molar-refractivity contribution in [3.63, 3.8) is 0 Å². The number of pyridine rings is 1. The number of nitrogens with one attached hydrogen (secondary N) is 2. The summed E-state index contributed by atoms with van der Waals surface area (Å²) in [6.07, 6.45) is 1.98. The zero-order chi connectivity index (χ0) is 17.8. The number of alkyl halides is 2. The summed E-state index contributed by atoms with van der Waals surface area (Å²) in [6.45, 7) is 1.90. The molecule has 0 aliphatic heterocycles. The number of aromatic amines is 2. The summed E-state index contributed by atoms with van der Waals surface area (Å²) < 4.78 is 31.1. The highest BCUT2D eigenvalue weighted by Crippen LogP contribution is 2.49. The van der Waals surface area contributed by atoms with Gasteiger partial charge in [0.15, 0.2) is 5.65 Å². The molecule has 0 bridgehead atoms. The number of carbonyl (C=O) groups is 1. The van der Waals surface area contributed by atoms with Crippen molar-refractivity contribution < 1.29 is 18.3 Å². The molecule has 25 heavy (non-hydrogen) atoms. The maximum Gasteiger partial charge on any atom is 0.315 e. The molecule has 8 heteroatoms. The van der Waals surface area contributed by atoms with E-state index in [9.17, 15) is 18.4 Å². The molecule has 0 spiro atoms. The SMILES string of the molecule is Cc1[nH]nc2[nH]c(=O)cc(C3CCC(OC(=O)[C@@H]4CC4(F)F)CC3)c12. The molecule has 0 amide bonds. The van der Waals surface area contributed by atoms with E-state index in [-0.39, 0.29) is 17.6 Å². The first-order valence-corrected chi connectivity index (χ1v) is 8.51. The molecular weight excluding hydrogens is 332 g/mol. The molecule has 134 valence electrons. The maximum absolute atomic E-state index is 12.9. The number of carbonyl (C=O) groups excluding carboxylic acids is 1. The fourth-order valence-corrected chi connectivity index (χ4v) is 3.77. The molecule has 2 aromatic heterocycles. The van der Waals surface area contributed by atoms with Gasteiger partial charge in [0.2, 0.25) is 5.56 Å². The van der Waals surface area contributed by atoms with E-state index in [1.54, 1.807) is 6.07 Å². The second kappa shape index (κ2) is 5.64. The Bertz CT molecular complexity index is 881. The average molecular weight is 351 g/mol. The van der Waals surface area contributed by atoms with Crippen LogP contribution in [0, 0.1) is 12.8 Å². The molecule has 2 N–H and O–H groups in total. The molecule has 4 rings (SSSR count). The fourth-order valence-electron chi connectivity index (χ4n) is 3.77. The number of H-pyrrole nitrogens is 2. The van der Waals surface area contributed by atoms with Gasteiger partial charge in [-0.05, 0) is 44.1 Å². The van der Waals surface area contributed by atoms with Gasteiger partial charge in [-0.25, -0.2) is 8.78 Å². The van der Waals surface area contributed by atoms with Crippen molar-refractivity contribution in [1.82, 2.24) is 15.2 Å². The van der Waals surface area contributed by atoms with Crippen molar-refractivity contribution in [3.8, 4) is 0 Å². The monoisotopic (exact) mass is 351 g/mol. The predicted molar refractivity (Wildman–Crippen MR) is 85.6 cm³/mol. The number of halogens is 2. The fraction of sp³-hybridized carbons (Fsp3) is 0.588. The summed E-state index contributed by atoms with van der Waals surface area (Å²) in [4.78, 5) is 26.3. The number of aromatic nitrogens is 3. The summed E-state index contributed by atoms with van der Waals surface area (Å²) in [7, 11) is 0. The number of rotatable bonds is 3. The minimum absolute atomic E-state index is 0.165. The number of hydrogen-bond donors (Lipinski definition) is 2. The van der Waals surface area contributed by atoms with Crippen molar-refractivity contribution >= 4 is 17.0 Å². The van der Waals surface area contributed by atoms with E-state index in [4.69, 9.17) is 4.74 Å². The smallest absolute Gasteiger partial charge is 0.315 e. The molecule has 2 aliphatic carbocycles. The van der Waals surface area contributed by atoms with E-state index in [0.29, 0.717) is 18.5 Å². The molecule has 2 aliphatic rings. The second-order valence-corrected chi connectivity index (χ2v) is 7.09. The van der Waals surface area contributed by atoms with E-state index in [0.717, 1.165) is 29.5 Å². The van der Waals surface area contributed by atoms with Crippen molar-refractivity contribution in [2.45, 2.75) is 57.0 Å². The molecule has 2 heterocycles. The Kier molecular flexibility index (Phi) is 3.66. The first-order chi connectivity index (χ1) is 11.8. The Morgan fingerprint density at radius 3 is 2.64 bits per heavy atom. The van der Waals surface area contributed by atoms with Crippen molar-refractivity contribution in [2.24, 2.45) is 5.92 Å². The largest absolute Gasteiger partial charge is 0.462 e. The Morgan fingerprint density at radius 1 is 1.32 bits per heavy atom. The summed E-state index contributed by atoms with van der Waals surface area (Å²) in [6, 6.07) is 1.60. The zero-order valence-corrected chi connectivity index (χ0v) is 13.8. The van der Waals surface area contributed by atoms with E-state index in [1.165, 1.54) is 0 Å². The molecule has 0 aromatic carbocycles. The van der Waals surface area contributed by atoms with Crippen LogP contribution in [0.25, 0.3) is 11.0 Å². The predicted octanol–water partition coefficient (Wildman–Crippen LogP) is 2.78. The summed E-state index contributed by atoms with van der Waals surface area (Å²) in [5.41, 5.74) is 2.19. The second-order valence-electron chi connectivity index (χ2n) is 7.09. The molecule has 0 saturated heterocycles. The van der Waals surface area contributed by atoms with Gasteiger partial charge in [0.1, 0.15) is 12.0 Å². The van der Waals surface area contributed by atoms with Gasteiger partial charge in [-0.2, -0.15) is 5.10 Å². The van der Waals surface area contributed by atoms with Crippen LogP contribution in [-0.2, 0) is 9.53 Å². The van der Waals surface area contributed by atoms with Crippen molar-refractivity contribution in [2.75, 3.05) is 0 Å². The van der Waals surface area contributed by atoms with Gasteiger partial charge in [-0.3, -0.25) is 14.7 Å². The number of hydrogen-bond acceptors (Lipinski definition) is 4. The minimum Gasteiger partial charge on any atom is -0.462 e. The molecule has 6 nitrogen and oxygen atoms in total. The molecule has 2 fully saturated rings. The Labute approximate surface area is 142 Å². The Balaban J connectivity index is 1.45. The molecular formula is C17H19F2N3O3. The third kappa shape index (κ3) is 2.94. The van der Waals surface area contributed by atoms with Crippen LogP contribution in [0.3, 0.4) is 0 Å². The van der Waals surface area contributed by atoms with E-state index >= 15 is 0 Å². The molecule has 1 atom stereocenters. The van der Waals surface area contributed by atoms with Gasteiger partial charge in [0, 0.05) is 23.6 Å². The Hall–Kier alpha value is -2.25. The van der Waals surface area contributed by atoms with Gasteiger partial charge in [-0.1, -0.05) is 0 Å². The van der Waals surface area contributed by atoms with Crippen LogP contribution >= 0.6 is 0 Å². The van der Waals surface area contributed by atoms with E-state index in [2.05, 4.69) is 15.2 Å². The first-order valence-electron chi connectivity index (χ1n) is 8.51. The topological polar surface area (TPSA) is 87.8 Å². The normalized spacial score (nSPS) is 28.0. The highest BCUT2D eigenvalue weighted by atomic mass is 19.3. The van der Waals surface area contributed by atoms with Crippen LogP contribution in [0.4, 0.5) is 8.78 Å². The molecule has 0 unspecified atom stereocenters. The Morgan fingerprint density at radius 2 is 2.00 bits per heavy atom. The van der Waals surface area contributed by atoms with Gasteiger partial charge < -0.3 is 9.72 Å².